The standard InChI is InChI=1S/C15H18N2/c1-12-6-5-7-13(10-12)11-17(2)15-9-4-3-8-14(15)16/h3-10H,11,16H2,1-2H3. The highest BCUT2D eigenvalue weighted by Crippen LogP contribution is 2.22. The van der Waals surface area contributed by atoms with Crippen molar-refractivity contribution in [3.05, 3.63) is 59.7 Å². The molecule has 0 aromatic heterocycles. The zero-order valence-corrected chi connectivity index (χ0v) is 10.4. The van der Waals surface area contributed by atoms with Crippen molar-refractivity contribution >= 4 is 11.4 Å². The van der Waals surface area contributed by atoms with Crippen molar-refractivity contribution in [2.45, 2.75) is 13.5 Å². The van der Waals surface area contributed by atoms with Crippen LogP contribution in [0.3, 0.4) is 0 Å². The van der Waals surface area contributed by atoms with Gasteiger partial charge >= 0.3 is 0 Å². The van der Waals surface area contributed by atoms with Crippen LogP contribution in [0.1, 0.15) is 11.1 Å². The molecule has 0 aliphatic rings. The number of hydrogen-bond donors (Lipinski definition) is 1. The predicted molar refractivity (Wildman–Crippen MR) is 74.1 cm³/mol. The number of aryl methyl sites for hydroxylation is 1. The molecule has 0 aliphatic carbocycles. The van der Waals surface area contributed by atoms with Crippen molar-refractivity contribution in [3.8, 4) is 0 Å². The van der Waals surface area contributed by atoms with E-state index < -0.39 is 0 Å². The van der Waals surface area contributed by atoms with Gasteiger partial charge in [0.25, 0.3) is 0 Å². The lowest BCUT2D eigenvalue weighted by atomic mass is 10.1. The summed E-state index contributed by atoms with van der Waals surface area (Å²) in [5.74, 6) is 0. The fourth-order valence-corrected chi connectivity index (χ4v) is 2.00. The van der Waals surface area contributed by atoms with Crippen LogP contribution >= 0.6 is 0 Å². The third-order valence-corrected chi connectivity index (χ3v) is 2.85. The Kier molecular flexibility index (Phi) is 3.33. The van der Waals surface area contributed by atoms with Gasteiger partial charge in [0, 0.05) is 13.6 Å². The molecule has 2 rings (SSSR count). The van der Waals surface area contributed by atoms with Gasteiger partial charge < -0.3 is 10.6 Å². The normalized spacial score (nSPS) is 10.2. The molecule has 2 aromatic rings. The van der Waals surface area contributed by atoms with E-state index in [-0.39, 0.29) is 0 Å². The number of anilines is 2. The lowest BCUT2D eigenvalue weighted by Crippen LogP contribution is -2.17. The van der Waals surface area contributed by atoms with E-state index in [2.05, 4.69) is 43.1 Å². The van der Waals surface area contributed by atoms with E-state index in [1.54, 1.807) is 0 Å². The Labute approximate surface area is 103 Å². The van der Waals surface area contributed by atoms with E-state index in [0.717, 1.165) is 17.9 Å². The second-order valence-electron chi connectivity index (χ2n) is 4.40. The van der Waals surface area contributed by atoms with E-state index in [1.807, 2.05) is 24.3 Å². The molecule has 0 bridgehead atoms. The first kappa shape index (κ1) is 11.5. The van der Waals surface area contributed by atoms with Crippen LogP contribution in [0.25, 0.3) is 0 Å². The minimum Gasteiger partial charge on any atom is -0.397 e. The van der Waals surface area contributed by atoms with Crippen LogP contribution in [-0.2, 0) is 6.54 Å². The van der Waals surface area contributed by atoms with Gasteiger partial charge in [-0.25, -0.2) is 0 Å². The average Bonchev–Trinajstić information content (AvgIpc) is 2.29. The minimum absolute atomic E-state index is 0.822. The zero-order chi connectivity index (χ0) is 12.3. The first-order valence-corrected chi connectivity index (χ1v) is 5.78. The molecule has 0 spiro atoms. The Bertz CT molecular complexity index is 506. The second-order valence-corrected chi connectivity index (χ2v) is 4.40. The van der Waals surface area contributed by atoms with Crippen molar-refractivity contribution in [3.63, 3.8) is 0 Å². The molecular formula is C15H18N2. The van der Waals surface area contributed by atoms with Gasteiger partial charge in [0.1, 0.15) is 0 Å². The monoisotopic (exact) mass is 226 g/mol. The van der Waals surface area contributed by atoms with Crippen molar-refractivity contribution in [2.24, 2.45) is 0 Å². The summed E-state index contributed by atoms with van der Waals surface area (Å²) in [5.41, 5.74) is 10.5. The van der Waals surface area contributed by atoms with Gasteiger partial charge in [-0.05, 0) is 24.6 Å². The molecule has 0 unspecified atom stereocenters. The SMILES string of the molecule is Cc1cccc(CN(C)c2ccccc2N)c1. The van der Waals surface area contributed by atoms with Crippen molar-refractivity contribution < 1.29 is 0 Å². The van der Waals surface area contributed by atoms with Gasteiger partial charge in [-0.1, -0.05) is 42.0 Å². The molecule has 0 saturated heterocycles. The Hall–Kier alpha value is -1.96. The summed E-state index contributed by atoms with van der Waals surface area (Å²) < 4.78 is 0. The van der Waals surface area contributed by atoms with E-state index in [1.165, 1.54) is 11.1 Å². The molecule has 88 valence electrons. The number of nitrogens with zero attached hydrogens (tertiary/aromatic N) is 1. The molecule has 0 amide bonds. The molecular weight excluding hydrogens is 208 g/mol. The van der Waals surface area contributed by atoms with E-state index in [4.69, 9.17) is 5.73 Å². The summed E-state index contributed by atoms with van der Waals surface area (Å²) in [6.45, 7) is 2.98. The quantitative estimate of drug-likeness (QED) is 0.814. The molecule has 0 fully saturated rings. The van der Waals surface area contributed by atoms with Gasteiger partial charge in [-0.15, -0.1) is 0 Å². The average molecular weight is 226 g/mol. The third-order valence-electron chi connectivity index (χ3n) is 2.85. The maximum atomic E-state index is 5.96. The molecule has 2 heteroatoms. The summed E-state index contributed by atoms with van der Waals surface area (Å²) in [6, 6.07) is 16.5. The lowest BCUT2D eigenvalue weighted by molar-refractivity contribution is 0.923. The van der Waals surface area contributed by atoms with Gasteiger partial charge in [0.15, 0.2) is 0 Å². The summed E-state index contributed by atoms with van der Waals surface area (Å²) in [5, 5.41) is 0. The lowest BCUT2D eigenvalue weighted by Gasteiger charge is -2.21. The minimum atomic E-state index is 0.822. The fourth-order valence-electron chi connectivity index (χ4n) is 2.00. The van der Waals surface area contributed by atoms with Gasteiger partial charge in [-0.3, -0.25) is 0 Å². The fraction of sp³-hybridized carbons (Fsp3) is 0.200. The number of hydrogen-bond acceptors (Lipinski definition) is 2. The molecule has 2 aromatic carbocycles. The van der Waals surface area contributed by atoms with Crippen LogP contribution in [0.2, 0.25) is 0 Å². The third kappa shape index (κ3) is 2.78. The second kappa shape index (κ2) is 4.91. The molecule has 2 nitrogen and oxygen atoms in total. The summed E-state index contributed by atoms with van der Waals surface area (Å²) in [6.07, 6.45) is 0. The Morgan fingerprint density at radius 2 is 1.82 bits per heavy atom. The topological polar surface area (TPSA) is 29.3 Å². The predicted octanol–water partition coefficient (Wildman–Crippen LogP) is 3.21. The Morgan fingerprint density at radius 1 is 1.06 bits per heavy atom. The van der Waals surface area contributed by atoms with Gasteiger partial charge in [-0.2, -0.15) is 0 Å². The van der Waals surface area contributed by atoms with Crippen LogP contribution in [0.4, 0.5) is 11.4 Å². The van der Waals surface area contributed by atoms with Gasteiger partial charge in [0.05, 0.1) is 11.4 Å². The maximum Gasteiger partial charge on any atom is 0.0600 e. The highest BCUT2D eigenvalue weighted by atomic mass is 15.1. The smallest absolute Gasteiger partial charge is 0.0600 e. The van der Waals surface area contributed by atoms with E-state index in [0.29, 0.717) is 0 Å². The van der Waals surface area contributed by atoms with Crippen molar-refractivity contribution in [1.29, 1.82) is 0 Å². The highest BCUT2D eigenvalue weighted by molar-refractivity contribution is 5.66. The molecule has 0 heterocycles. The first-order valence-electron chi connectivity index (χ1n) is 5.78. The largest absolute Gasteiger partial charge is 0.397 e. The molecule has 0 radical (unpaired) electrons. The number of benzene rings is 2. The highest BCUT2D eigenvalue weighted by Gasteiger charge is 2.04. The van der Waals surface area contributed by atoms with Crippen LogP contribution < -0.4 is 10.6 Å². The Balaban J connectivity index is 2.17. The number of nitrogens with two attached hydrogens (primary N) is 1. The number of para-hydroxylation sites is 2. The van der Waals surface area contributed by atoms with Crippen LogP contribution in [0, 0.1) is 6.92 Å². The molecule has 2 N–H and O–H groups in total. The molecule has 0 atom stereocenters. The van der Waals surface area contributed by atoms with Crippen molar-refractivity contribution in [2.75, 3.05) is 17.7 Å². The van der Waals surface area contributed by atoms with E-state index in [9.17, 15) is 0 Å². The maximum absolute atomic E-state index is 5.96. The van der Waals surface area contributed by atoms with Crippen LogP contribution in [-0.4, -0.2) is 7.05 Å². The Morgan fingerprint density at radius 3 is 2.53 bits per heavy atom. The number of nitrogen functional groups attached to an aromatic ring is 1. The van der Waals surface area contributed by atoms with E-state index >= 15 is 0 Å². The summed E-state index contributed by atoms with van der Waals surface area (Å²) in [7, 11) is 2.06. The molecule has 0 saturated carbocycles. The first-order chi connectivity index (χ1) is 8.16. The molecule has 17 heavy (non-hydrogen) atoms. The summed E-state index contributed by atoms with van der Waals surface area (Å²) in [4.78, 5) is 2.17. The zero-order valence-electron chi connectivity index (χ0n) is 10.4. The number of rotatable bonds is 3. The molecule has 0 aliphatic heterocycles. The summed E-state index contributed by atoms with van der Waals surface area (Å²) >= 11 is 0. The van der Waals surface area contributed by atoms with Crippen LogP contribution in [0.5, 0.6) is 0 Å². The van der Waals surface area contributed by atoms with Gasteiger partial charge in [0.2, 0.25) is 0 Å². The van der Waals surface area contributed by atoms with Crippen LogP contribution in [0.15, 0.2) is 48.5 Å². The van der Waals surface area contributed by atoms with Crippen molar-refractivity contribution in [1.82, 2.24) is 0 Å².